The average Bonchev–Trinajstić information content (AvgIpc) is 1.71. The first kappa shape index (κ1) is 124. The van der Waals surface area contributed by atoms with Crippen LogP contribution >= 0.6 is 22.7 Å². The molecule has 0 amide bonds. The maximum absolute atomic E-state index is 12.3. The Kier molecular flexibility index (Phi) is 56.7. The Morgan fingerprint density at radius 1 is 0.409 bits per heavy atom. The van der Waals surface area contributed by atoms with Crippen LogP contribution in [0.3, 0.4) is 0 Å². The maximum Gasteiger partial charge on any atom is 0.316 e. The van der Waals surface area contributed by atoms with E-state index in [1.54, 1.807) is 28.7 Å². The lowest BCUT2D eigenvalue weighted by Gasteiger charge is -2.20. The molecule has 18 heteroatoms. The molecule has 10 aromatic carbocycles. The van der Waals surface area contributed by atoms with Crippen LogP contribution in [0.1, 0.15) is 291 Å². The molecule has 132 heavy (non-hydrogen) atoms. The minimum Gasteiger partial charge on any atom is -0.489 e. The third-order valence-electron chi connectivity index (χ3n) is 21.9. The van der Waals surface area contributed by atoms with Gasteiger partial charge < -0.3 is 32.6 Å². The number of fused-ring (bicyclic) bond motifs is 6. The number of nitrogens with zero attached hydrogens (tertiary/aromatic N) is 8. The molecule has 6 heterocycles. The van der Waals surface area contributed by atoms with Crippen LogP contribution in [0.15, 0.2) is 251 Å². The van der Waals surface area contributed by atoms with Gasteiger partial charge in [0.2, 0.25) is 11.8 Å². The van der Waals surface area contributed by atoms with Gasteiger partial charge in [0.15, 0.2) is 11.2 Å². The van der Waals surface area contributed by atoms with E-state index in [2.05, 4.69) is 195 Å². The number of thiazole rings is 2. The Morgan fingerprint density at radius 2 is 0.826 bits per heavy atom. The highest BCUT2D eigenvalue weighted by atomic mass is 32.1. The van der Waals surface area contributed by atoms with E-state index < -0.39 is 10.8 Å². The molecule has 718 valence electrons. The minimum absolute atomic E-state index is 0. The summed E-state index contributed by atoms with van der Waals surface area (Å²) in [7, 11) is 2.09. The fraction of sp³-hybridized carbons (Fsp3) is 0.395. The lowest BCUT2D eigenvalue weighted by molar-refractivity contribution is -0.154. The number of esters is 2. The maximum atomic E-state index is 12.3. The molecule has 16 aromatic rings. The highest BCUT2D eigenvalue weighted by molar-refractivity contribution is 7.22. The standard InChI is InChI=1S/C21H23NO3S.C19H19NO3.C17H17NO.C17H17NS.C12H16N2.C11H14N2.C5H9N.12CH4/c1-4-21(2,3)20(23)25-14-13-24-17-11-7-5-9-15(17)19-22-16-10-6-8-12-18(16)26-19;1-4-19(2,3)18(21)23-15-11-7-5-9-13(15)17-20-14-10-6-8-12-16(14)22-17;2*1-3-12(2)13-8-10-14(11-9-13)17-18-15-6-4-5-7-16(15)19-17;1-4-9(2)12-13-10-7-5-6-8-11(10)14(12)3;1-3-8(2)11-12-9-6-4-5-7-10(9)13-11;1-3-5(2)4-6;;;;;;;;;;;;/h5-12H,4,13-14H2,1-3H3;5-12H,4H2,1-3H3;2*4-12H,3H2,1-2H3;5-9H,4H2,1-3H3;4-8H,3H2,1-2H3,(H,12,13);5H,3H2,1-2H3;12*1H4. The Bertz CT molecular complexity index is 5680. The lowest BCUT2D eigenvalue weighted by atomic mass is 9.91. The van der Waals surface area contributed by atoms with Gasteiger partial charge in [0.1, 0.15) is 57.4 Å². The summed E-state index contributed by atoms with van der Waals surface area (Å²) >= 11 is 3.40. The molecule has 0 aliphatic carbocycles. The normalized spacial score (nSPS) is 11.3. The van der Waals surface area contributed by atoms with E-state index in [0.717, 1.165) is 114 Å². The summed E-state index contributed by atoms with van der Waals surface area (Å²) in [6.07, 6.45) is 7.01. The molecule has 0 radical (unpaired) electrons. The first-order chi connectivity index (χ1) is 57.9. The van der Waals surface area contributed by atoms with Crippen molar-refractivity contribution in [1.29, 1.82) is 5.26 Å². The molecule has 5 atom stereocenters. The second-order valence-electron chi connectivity index (χ2n) is 31.4. The Balaban J connectivity index is -0.00000148. The average molecular weight is 1840 g/mol. The van der Waals surface area contributed by atoms with E-state index >= 15 is 0 Å². The van der Waals surface area contributed by atoms with Gasteiger partial charge in [-0.2, -0.15) is 5.26 Å². The van der Waals surface area contributed by atoms with Crippen LogP contribution in [-0.2, 0) is 21.4 Å². The lowest BCUT2D eigenvalue weighted by Crippen LogP contribution is -2.28. The number of rotatable bonds is 22. The molecule has 1 N–H and O–H groups in total. The number of nitrogens with one attached hydrogen (secondary N) is 1. The van der Waals surface area contributed by atoms with Crippen LogP contribution in [0.5, 0.6) is 11.5 Å². The van der Waals surface area contributed by atoms with Crippen LogP contribution in [0.2, 0.25) is 0 Å². The van der Waals surface area contributed by atoms with E-state index in [9.17, 15) is 9.59 Å². The van der Waals surface area contributed by atoms with Crippen LogP contribution in [-0.4, -0.2) is 64.6 Å². The molecular weight excluding hydrogens is 1670 g/mol. The highest BCUT2D eigenvalue weighted by Crippen LogP contribution is 2.38. The van der Waals surface area contributed by atoms with Crippen molar-refractivity contribution in [2.24, 2.45) is 23.8 Å². The quantitative estimate of drug-likeness (QED) is 0.0380. The van der Waals surface area contributed by atoms with Gasteiger partial charge in [0.25, 0.3) is 0 Å². The highest BCUT2D eigenvalue weighted by Gasteiger charge is 2.30. The van der Waals surface area contributed by atoms with Crippen LogP contribution in [0.25, 0.3) is 109 Å². The van der Waals surface area contributed by atoms with Gasteiger partial charge in [-0.3, -0.25) is 9.59 Å². The minimum atomic E-state index is -0.533. The number of carbonyl (C=O) groups is 2. The van der Waals surface area contributed by atoms with E-state index in [1.165, 1.54) is 39.2 Å². The van der Waals surface area contributed by atoms with E-state index in [0.29, 0.717) is 65.4 Å². The number of nitriles is 1. The van der Waals surface area contributed by atoms with E-state index in [-0.39, 0.29) is 114 Å². The smallest absolute Gasteiger partial charge is 0.316 e. The number of para-hydroxylation sites is 12. The van der Waals surface area contributed by atoms with Crippen LogP contribution in [0, 0.1) is 28.1 Å². The number of hydrogen-bond donors (Lipinski definition) is 1. The number of oxazole rings is 2. The molecule has 5 unspecified atom stereocenters. The first-order valence-corrected chi connectivity index (χ1v) is 43.7. The van der Waals surface area contributed by atoms with Gasteiger partial charge >= 0.3 is 11.9 Å². The molecular formula is C114H163N9O7S2. The summed E-state index contributed by atoms with van der Waals surface area (Å²) in [5.41, 5.74) is 15.5. The molecule has 16 rings (SSSR count). The third-order valence-corrected chi connectivity index (χ3v) is 24.1. The molecule has 0 aliphatic rings. The van der Waals surface area contributed by atoms with Gasteiger partial charge in [-0.1, -0.05) is 299 Å². The molecule has 16 nitrogen and oxygen atoms in total. The molecule has 0 aliphatic heterocycles. The molecule has 0 saturated carbocycles. The SMILES string of the molecule is C.C.C.C.C.C.C.C.C.C.C.C.CCC(C)(C)C(=O)OCCOc1ccccc1-c1nc2ccccc2s1.CCC(C)(C)C(=O)Oc1ccccc1-c1nc2ccccc2o1.CCC(C)C#N.CCC(C)c1ccc(-c2nc3ccccc3o2)cc1.CCC(C)c1ccc(-c2nc3ccccc3s2)cc1.CCC(C)c1nc2ccccc2[nH]1.CCC(C)c1nc2ccccc2n1C. The number of hydrogen-bond acceptors (Lipinski definition) is 16. The number of imidazole rings is 2. The predicted molar refractivity (Wildman–Crippen MR) is 577 cm³/mol. The molecule has 0 saturated heterocycles. The Hall–Kier alpha value is -11.9. The number of H-pyrrole nitrogens is 1. The zero-order valence-electron chi connectivity index (χ0n) is 72.6. The van der Waals surface area contributed by atoms with Crippen LogP contribution in [0.4, 0.5) is 0 Å². The van der Waals surface area contributed by atoms with Gasteiger partial charge in [0.05, 0.1) is 70.5 Å². The second kappa shape index (κ2) is 60.2. The number of aromatic amines is 1. The van der Waals surface area contributed by atoms with E-state index in [4.69, 9.17) is 38.3 Å². The summed E-state index contributed by atoms with van der Waals surface area (Å²) in [6, 6.07) is 82.8. The van der Waals surface area contributed by atoms with Crippen molar-refractivity contribution in [3.8, 4) is 61.6 Å². The molecule has 6 aromatic heterocycles. The van der Waals surface area contributed by atoms with Gasteiger partial charge in [-0.15, -0.1) is 22.7 Å². The van der Waals surface area contributed by atoms with Gasteiger partial charge in [-0.05, 0) is 212 Å². The Morgan fingerprint density at radius 3 is 1.30 bits per heavy atom. The van der Waals surface area contributed by atoms with Crippen molar-refractivity contribution < 1.29 is 32.6 Å². The number of carbonyl (C=O) groups excluding carboxylic acids is 2. The predicted octanol–water partition coefficient (Wildman–Crippen LogP) is 36.0. The first-order valence-electron chi connectivity index (χ1n) is 42.0. The summed E-state index contributed by atoms with van der Waals surface area (Å²) in [4.78, 5) is 55.2. The topological polar surface area (TPSA) is 210 Å². The summed E-state index contributed by atoms with van der Waals surface area (Å²) < 4.78 is 33.0. The molecule has 0 fully saturated rings. The van der Waals surface area contributed by atoms with E-state index in [1.807, 2.05) is 195 Å². The second-order valence-corrected chi connectivity index (χ2v) is 33.4. The van der Waals surface area contributed by atoms with Crippen molar-refractivity contribution in [3.05, 3.63) is 265 Å². The van der Waals surface area contributed by atoms with Crippen molar-refractivity contribution >= 4 is 99.3 Å². The largest absolute Gasteiger partial charge is 0.489 e. The van der Waals surface area contributed by atoms with Gasteiger partial charge in [-0.25, -0.2) is 29.9 Å². The summed E-state index contributed by atoms with van der Waals surface area (Å²) in [5.74, 6) is 6.71. The number of aromatic nitrogens is 8. The third kappa shape index (κ3) is 33.1. The fourth-order valence-corrected chi connectivity index (χ4v) is 14.1. The molecule has 0 spiro atoms. The van der Waals surface area contributed by atoms with Crippen molar-refractivity contribution in [3.63, 3.8) is 0 Å². The zero-order valence-corrected chi connectivity index (χ0v) is 74.2. The zero-order chi connectivity index (χ0) is 85.9. The monoisotopic (exact) mass is 1830 g/mol. The fourth-order valence-electron chi connectivity index (χ4n) is 12.1. The summed E-state index contributed by atoms with van der Waals surface area (Å²) in [5, 5.41) is 10.1. The van der Waals surface area contributed by atoms with Crippen molar-refractivity contribution in [1.82, 2.24) is 39.5 Å². The number of ether oxygens (including phenoxy) is 3. The Labute approximate surface area is 804 Å². The van der Waals surface area contributed by atoms with Crippen molar-refractivity contribution in [2.75, 3.05) is 13.2 Å². The number of aryl methyl sites for hydroxylation is 1. The van der Waals surface area contributed by atoms with Crippen molar-refractivity contribution in [2.45, 2.75) is 269 Å². The van der Waals surface area contributed by atoms with Gasteiger partial charge in [0, 0.05) is 35.9 Å². The molecule has 0 bridgehead atoms. The summed E-state index contributed by atoms with van der Waals surface area (Å²) in [6.45, 7) is 33.7. The number of benzene rings is 10. The van der Waals surface area contributed by atoms with Crippen LogP contribution < -0.4 is 9.47 Å².